The first-order valence-corrected chi connectivity index (χ1v) is 14.6. The van der Waals surface area contributed by atoms with Gasteiger partial charge in [-0.05, 0) is 35.7 Å². The van der Waals surface area contributed by atoms with Gasteiger partial charge in [-0.2, -0.15) is 0 Å². The first kappa shape index (κ1) is 31.2. The second-order valence-electron chi connectivity index (χ2n) is 12.3. The van der Waals surface area contributed by atoms with Crippen molar-refractivity contribution < 1.29 is 28.4 Å². The second-order valence-corrected chi connectivity index (χ2v) is 14.0. The summed E-state index contributed by atoms with van der Waals surface area (Å²) in [5.74, 6) is -8.97. The average Bonchev–Trinajstić information content (AvgIpc) is 3.41. The lowest BCUT2D eigenvalue weighted by molar-refractivity contribution is -0.171. The SMILES string of the molecule is CN(O)C(=O)[C@H]1[C@@H](C(=O)N(CC(C)(C)C)c2cc(Cl)cc(Cl)c2)[C@H]2CC(F)(F)CN2[C@]12C(=O)Nc1c(Cl)cc(Cl)cc12. The number of nitrogens with zero attached hydrogens (tertiary/aromatic N) is 3. The highest BCUT2D eigenvalue weighted by atomic mass is 35.5. The zero-order valence-electron chi connectivity index (χ0n) is 23.0. The van der Waals surface area contributed by atoms with E-state index in [1.807, 2.05) is 20.8 Å². The van der Waals surface area contributed by atoms with Gasteiger partial charge in [-0.15, -0.1) is 0 Å². The van der Waals surface area contributed by atoms with Gasteiger partial charge >= 0.3 is 0 Å². The maximum Gasteiger partial charge on any atom is 0.262 e. The molecule has 0 unspecified atom stereocenters. The lowest BCUT2D eigenvalue weighted by Gasteiger charge is -2.38. The quantitative estimate of drug-likeness (QED) is 0.295. The van der Waals surface area contributed by atoms with Crippen LogP contribution in [0.15, 0.2) is 30.3 Å². The monoisotopic (exact) mass is 662 g/mol. The third-order valence-electron chi connectivity index (χ3n) is 7.96. The third kappa shape index (κ3) is 5.04. The van der Waals surface area contributed by atoms with Crippen LogP contribution in [0, 0.1) is 17.3 Å². The molecule has 3 amide bonds. The average molecular weight is 664 g/mol. The Labute approximate surface area is 261 Å². The summed E-state index contributed by atoms with van der Waals surface area (Å²) in [4.78, 5) is 45.2. The minimum absolute atomic E-state index is 0.0338. The van der Waals surface area contributed by atoms with Crippen LogP contribution in [0.2, 0.25) is 20.1 Å². The molecule has 2 aromatic carbocycles. The number of anilines is 2. The Morgan fingerprint density at radius 2 is 1.64 bits per heavy atom. The van der Waals surface area contributed by atoms with E-state index in [0.29, 0.717) is 0 Å². The summed E-state index contributed by atoms with van der Waals surface area (Å²) in [5, 5.41) is 13.9. The van der Waals surface area contributed by atoms with E-state index in [2.05, 4.69) is 5.32 Å². The number of hydroxylamine groups is 2. The van der Waals surface area contributed by atoms with Gasteiger partial charge in [0.15, 0.2) is 0 Å². The van der Waals surface area contributed by atoms with Crippen molar-refractivity contribution in [2.24, 2.45) is 17.3 Å². The van der Waals surface area contributed by atoms with Crippen LogP contribution in [-0.4, -0.2) is 65.0 Å². The minimum atomic E-state index is -3.30. The van der Waals surface area contributed by atoms with Gasteiger partial charge < -0.3 is 10.2 Å². The molecule has 3 aliphatic rings. The normalized spacial score (nSPS) is 26.3. The molecule has 0 radical (unpaired) electrons. The number of rotatable bonds is 4. The van der Waals surface area contributed by atoms with Gasteiger partial charge in [0.05, 0.1) is 29.1 Å². The maximum atomic E-state index is 15.3. The van der Waals surface area contributed by atoms with E-state index >= 15 is 8.78 Å². The fraction of sp³-hybridized carbons (Fsp3) is 0.464. The Morgan fingerprint density at radius 1 is 1.05 bits per heavy atom. The molecule has 3 heterocycles. The van der Waals surface area contributed by atoms with Gasteiger partial charge in [-0.25, -0.2) is 13.8 Å². The molecule has 3 aliphatic heterocycles. The third-order valence-corrected chi connectivity index (χ3v) is 8.92. The maximum absolute atomic E-state index is 15.3. The fourth-order valence-electron chi connectivity index (χ4n) is 6.63. The summed E-state index contributed by atoms with van der Waals surface area (Å²) in [6.07, 6.45) is -0.805. The molecule has 14 heteroatoms. The Hall–Kier alpha value is -2.21. The molecule has 226 valence electrons. The zero-order chi connectivity index (χ0) is 31.1. The van der Waals surface area contributed by atoms with Crippen molar-refractivity contribution in [1.82, 2.24) is 9.96 Å². The highest BCUT2D eigenvalue weighted by molar-refractivity contribution is 6.38. The van der Waals surface area contributed by atoms with Crippen molar-refractivity contribution in [3.63, 3.8) is 0 Å². The summed E-state index contributed by atoms with van der Waals surface area (Å²) in [7, 11) is 1.05. The number of hydrogen-bond donors (Lipinski definition) is 2. The van der Waals surface area contributed by atoms with Gasteiger partial charge in [0.25, 0.3) is 17.7 Å². The van der Waals surface area contributed by atoms with Crippen molar-refractivity contribution in [1.29, 1.82) is 0 Å². The number of benzene rings is 2. The van der Waals surface area contributed by atoms with Crippen LogP contribution < -0.4 is 10.2 Å². The number of alkyl halides is 2. The Morgan fingerprint density at radius 3 is 2.21 bits per heavy atom. The van der Waals surface area contributed by atoms with Crippen molar-refractivity contribution in [3.05, 3.63) is 56.0 Å². The topological polar surface area (TPSA) is 93.2 Å². The highest BCUT2D eigenvalue weighted by Gasteiger charge is 2.75. The zero-order valence-corrected chi connectivity index (χ0v) is 26.0. The molecular formula is C28H28Cl4F2N4O4. The first-order chi connectivity index (χ1) is 19.4. The van der Waals surface area contributed by atoms with E-state index in [4.69, 9.17) is 46.4 Å². The van der Waals surface area contributed by atoms with Crippen LogP contribution in [0.25, 0.3) is 0 Å². The Balaban J connectivity index is 1.78. The molecule has 8 nitrogen and oxygen atoms in total. The van der Waals surface area contributed by atoms with Crippen LogP contribution in [-0.2, 0) is 19.9 Å². The van der Waals surface area contributed by atoms with E-state index in [1.54, 1.807) is 0 Å². The highest BCUT2D eigenvalue weighted by Crippen LogP contribution is 2.61. The lowest BCUT2D eigenvalue weighted by atomic mass is 9.72. The van der Waals surface area contributed by atoms with Crippen molar-refractivity contribution in [2.45, 2.75) is 44.7 Å². The summed E-state index contributed by atoms with van der Waals surface area (Å²) in [6, 6.07) is 5.98. The van der Waals surface area contributed by atoms with E-state index in [9.17, 15) is 19.6 Å². The minimum Gasteiger partial charge on any atom is -0.323 e. The summed E-state index contributed by atoms with van der Waals surface area (Å²) in [5.41, 5.74) is -2.17. The van der Waals surface area contributed by atoms with Gasteiger partial charge in [-0.3, -0.25) is 24.5 Å². The van der Waals surface area contributed by atoms with Crippen LogP contribution in [0.3, 0.4) is 0 Å². The molecule has 2 fully saturated rings. The van der Waals surface area contributed by atoms with Gasteiger partial charge in [0.2, 0.25) is 5.91 Å². The van der Waals surface area contributed by atoms with Crippen LogP contribution in [0.4, 0.5) is 20.2 Å². The molecule has 0 bridgehead atoms. The molecule has 2 N–H and O–H groups in total. The van der Waals surface area contributed by atoms with Gasteiger partial charge in [-0.1, -0.05) is 67.2 Å². The van der Waals surface area contributed by atoms with E-state index in [0.717, 1.165) is 7.05 Å². The molecule has 2 saturated heterocycles. The molecule has 5 rings (SSSR count). The van der Waals surface area contributed by atoms with Crippen molar-refractivity contribution >= 4 is 75.5 Å². The number of fused-ring (bicyclic) bond motifs is 4. The molecule has 1 spiro atoms. The molecule has 0 aliphatic carbocycles. The summed E-state index contributed by atoms with van der Waals surface area (Å²) < 4.78 is 30.5. The number of amides is 3. The van der Waals surface area contributed by atoms with Crippen molar-refractivity contribution in [3.8, 4) is 0 Å². The fourth-order valence-corrected chi connectivity index (χ4v) is 7.68. The lowest BCUT2D eigenvalue weighted by Crippen LogP contribution is -2.56. The predicted octanol–water partition coefficient (Wildman–Crippen LogP) is 6.33. The number of nitrogens with one attached hydrogen (secondary N) is 1. The molecule has 4 atom stereocenters. The number of hydrogen-bond acceptors (Lipinski definition) is 5. The number of carbonyl (C=O) groups is 3. The van der Waals surface area contributed by atoms with Gasteiger partial charge in [0.1, 0.15) is 5.54 Å². The molecule has 2 aromatic rings. The largest absolute Gasteiger partial charge is 0.323 e. The molecular weight excluding hydrogens is 636 g/mol. The van der Waals surface area contributed by atoms with E-state index in [-0.39, 0.29) is 48.6 Å². The predicted molar refractivity (Wildman–Crippen MR) is 157 cm³/mol. The van der Waals surface area contributed by atoms with Gasteiger partial charge in [0, 0.05) is 52.4 Å². The number of carbonyl (C=O) groups excluding carboxylic acids is 3. The van der Waals surface area contributed by atoms with E-state index in [1.165, 1.54) is 40.1 Å². The first-order valence-electron chi connectivity index (χ1n) is 13.1. The smallest absolute Gasteiger partial charge is 0.262 e. The summed E-state index contributed by atoms with van der Waals surface area (Å²) >= 11 is 25.3. The second kappa shape index (κ2) is 10.5. The number of halogens is 6. The van der Waals surface area contributed by atoms with Crippen LogP contribution in [0.1, 0.15) is 32.8 Å². The molecule has 42 heavy (non-hydrogen) atoms. The molecule has 0 saturated carbocycles. The standard InChI is InChI=1S/C28H28Cl4F2N4O4/c1-26(2,3)11-37(16-6-13(29)5-14(30)7-16)23(39)20-19-10-27(33,34)12-38(19)28(21(20)24(40)36(4)42)17-8-15(31)9-18(32)22(17)35-25(28)41/h5-9,19-21,42H,10-12H2,1-4H3,(H,35,41)/t19-,20+,21-,28+/m1/s1. The Kier molecular flexibility index (Phi) is 7.77. The molecule has 0 aromatic heterocycles. The van der Waals surface area contributed by atoms with Crippen LogP contribution >= 0.6 is 46.4 Å². The van der Waals surface area contributed by atoms with E-state index < -0.39 is 65.4 Å². The summed E-state index contributed by atoms with van der Waals surface area (Å²) in [6.45, 7) is 4.80. The van der Waals surface area contributed by atoms with Crippen LogP contribution in [0.5, 0.6) is 0 Å². The van der Waals surface area contributed by atoms with Crippen molar-refractivity contribution in [2.75, 3.05) is 30.4 Å². The Bertz CT molecular complexity index is 1480.